The fourth-order valence-corrected chi connectivity index (χ4v) is 4.45. The van der Waals surface area contributed by atoms with E-state index in [1.165, 1.54) is 24.6 Å². The molecule has 0 radical (unpaired) electrons. The van der Waals surface area contributed by atoms with Crippen molar-refractivity contribution in [2.24, 2.45) is 0 Å². The molecular weight excluding hydrogens is 378 g/mol. The zero-order chi connectivity index (χ0) is 18.8. The molecule has 0 spiro atoms. The van der Waals surface area contributed by atoms with Gasteiger partial charge < -0.3 is 10.3 Å². The standard InChI is InChI=1S/C19H21N5OS2/c1-12(17(25)21-13-7-5-6-8-13)27-19-22-16-15(18(26)23-19)11-20-24(16)14-9-3-2-4-10-14/h2-4,9-13H,5-8H2,1H3,(H,21,25)(H,22,23,26). The van der Waals surface area contributed by atoms with E-state index >= 15 is 0 Å². The second-order valence-electron chi connectivity index (χ2n) is 6.75. The molecule has 140 valence electrons. The first-order valence-electron chi connectivity index (χ1n) is 9.12. The van der Waals surface area contributed by atoms with Crippen LogP contribution in [0, 0.1) is 4.64 Å². The van der Waals surface area contributed by atoms with Crippen LogP contribution < -0.4 is 5.32 Å². The van der Waals surface area contributed by atoms with E-state index in [0.29, 0.717) is 15.8 Å². The number of fused-ring (bicyclic) bond motifs is 1. The number of nitrogens with zero attached hydrogens (tertiary/aromatic N) is 3. The minimum Gasteiger partial charge on any atom is -0.352 e. The first kappa shape index (κ1) is 18.2. The second-order valence-corrected chi connectivity index (χ2v) is 8.47. The molecule has 4 rings (SSSR count). The summed E-state index contributed by atoms with van der Waals surface area (Å²) in [6.07, 6.45) is 6.26. The van der Waals surface area contributed by atoms with Gasteiger partial charge in [0.05, 0.1) is 22.5 Å². The van der Waals surface area contributed by atoms with Crippen LogP contribution >= 0.6 is 24.0 Å². The van der Waals surface area contributed by atoms with Crippen LogP contribution in [0.1, 0.15) is 32.6 Å². The molecule has 1 unspecified atom stereocenters. The minimum atomic E-state index is -0.255. The number of aromatic nitrogens is 4. The van der Waals surface area contributed by atoms with Crippen molar-refractivity contribution in [3.05, 3.63) is 41.2 Å². The van der Waals surface area contributed by atoms with Gasteiger partial charge in [0.25, 0.3) is 0 Å². The number of carbonyl (C=O) groups excluding carboxylic acids is 1. The van der Waals surface area contributed by atoms with Crippen molar-refractivity contribution in [3.63, 3.8) is 0 Å². The molecule has 6 nitrogen and oxygen atoms in total. The molecule has 1 aromatic carbocycles. The van der Waals surface area contributed by atoms with E-state index in [1.54, 1.807) is 10.9 Å². The molecular formula is C19H21N5OS2. The molecule has 0 saturated heterocycles. The molecule has 2 aromatic heterocycles. The number of rotatable bonds is 5. The monoisotopic (exact) mass is 399 g/mol. The summed E-state index contributed by atoms with van der Waals surface area (Å²) < 4.78 is 2.29. The Bertz CT molecular complexity index is 1010. The number of nitrogens with one attached hydrogen (secondary N) is 2. The van der Waals surface area contributed by atoms with E-state index in [-0.39, 0.29) is 11.2 Å². The number of thioether (sulfide) groups is 1. The molecule has 1 fully saturated rings. The van der Waals surface area contributed by atoms with E-state index in [1.807, 2.05) is 37.3 Å². The van der Waals surface area contributed by atoms with Gasteiger partial charge in [-0.05, 0) is 31.9 Å². The van der Waals surface area contributed by atoms with Crippen LogP contribution in [0.3, 0.4) is 0 Å². The molecule has 27 heavy (non-hydrogen) atoms. The van der Waals surface area contributed by atoms with Crippen LogP contribution in [-0.4, -0.2) is 36.9 Å². The van der Waals surface area contributed by atoms with Crippen LogP contribution in [0.15, 0.2) is 41.7 Å². The van der Waals surface area contributed by atoms with Gasteiger partial charge in [0, 0.05) is 6.04 Å². The highest BCUT2D eigenvalue weighted by Gasteiger charge is 2.22. The maximum Gasteiger partial charge on any atom is 0.233 e. The van der Waals surface area contributed by atoms with Crippen LogP contribution in [0.25, 0.3) is 16.7 Å². The zero-order valence-electron chi connectivity index (χ0n) is 15.0. The lowest BCUT2D eigenvalue weighted by molar-refractivity contribution is -0.120. The third-order valence-electron chi connectivity index (χ3n) is 4.79. The molecule has 0 aliphatic heterocycles. The summed E-state index contributed by atoms with van der Waals surface area (Å²) in [6.45, 7) is 1.90. The molecule has 8 heteroatoms. The quantitative estimate of drug-likeness (QED) is 0.385. The van der Waals surface area contributed by atoms with Gasteiger partial charge in [-0.2, -0.15) is 5.10 Å². The first-order valence-corrected chi connectivity index (χ1v) is 10.4. The van der Waals surface area contributed by atoms with Crippen molar-refractivity contribution in [2.45, 2.75) is 49.1 Å². The number of amides is 1. The lowest BCUT2D eigenvalue weighted by Crippen LogP contribution is -2.37. The Morgan fingerprint density at radius 1 is 1.33 bits per heavy atom. The molecule has 1 atom stereocenters. The number of hydrogen-bond acceptors (Lipinski definition) is 5. The zero-order valence-corrected chi connectivity index (χ0v) is 16.6. The van der Waals surface area contributed by atoms with Crippen molar-refractivity contribution in [1.82, 2.24) is 25.1 Å². The van der Waals surface area contributed by atoms with Gasteiger partial charge in [-0.3, -0.25) is 4.79 Å². The SMILES string of the molecule is CC(Sc1nc(=S)c2cnn(-c3ccccc3)c2[nH]1)C(=O)NC1CCCC1. The van der Waals surface area contributed by atoms with Gasteiger partial charge in [-0.15, -0.1) is 0 Å². The maximum absolute atomic E-state index is 12.5. The number of H-pyrrole nitrogens is 1. The number of aromatic amines is 1. The fourth-order valence-electron chi connectivity index (χ4n) is 3.34. The van der Waals surface area contributed by atoms with Crippen LogP contribution in [0.2, 0.25) is 0 Å². The molecule has 1 aliphatic rings. The molecule has 0 bridgehead atoms. The number of benzene rings is 1. The van der Waals surface area contributed by atoms with Crippen LogP contribution in [-0.2, 0) is 4.79 Å². The lowest BCUT2D eigenvalue weighted by Gasteiger charge is -2.16. The van der Waals surface area contributed by atoms with Crippen molar-refractivity contribution < 1.29 is 4.79 Å². The topological polar surface area (TPSA) is 75.6 Å². The predicted molar refractivity (Wildman–Crippen MR) is 110 cm³/mol. The van der Waals surface area contributed by atoms with Gasteiger partial charge >= 0.3 is 0 Å². The first-order chi connectivity index (χ1) is 13.1. The third-order valence-corrected chi connectivity index (χ3v) is 6.08. The summed E-state index contributed by atoms with van der Waals surface area (Å²) in [6, 6.07) is 10.2. The Labute approximate surface area is 166 Å². The number of para-hydroxylation sites is 1. The molecule has 3 aromatic rings. The minimum absolute atomic E-state index is 0.0460. The average molecular weight is 400 g/mol. The van der Waals surface area contributed by atoms with E-state index in [9.17, 15) is 4.79 Å². The summed E-state index contributed by atoms with van der Waals surface area (Å²) in [5.74, 6) is 0.0460. The Balaban J connectivity index is 1.58. The van der Waals surface area contributed by atoms with Crippen molar-refractivity contribution >= 4 is 40.9 Å². The lowest BCUT2D eigenvalue weighted by atomic mass is 10.2. The molecule has 2 heterocycles. The highest BCUT2D eigenvalue weighted by atomic mass is 32.2. The Morgan fingerprint density at radius 3 is 2.81 bits per heavy atom. The Hall–Kier alpha value is -2.19. The summed E-state index contributed by atoms with van der Waals surface area (Å²) in [4.78, 5) is 20.2. The normalized spacial score (nSPS) is 15.9. The summed E-state index contributed by atoms with van der Waals surface area (Å²) in [5.41, 5.74) is 1.72. The van der Waals surface area contributed by atoms with E-state index < -0.39 is 0 Å². The molecule has 2 N–H and O–H groups in total. The molecule has 1 saturated carbocycles. The van der Waals surface area contributed by atoms with Gasteiger partial charge in [0.1, 0.15) is 10.3 Å². The molecule has 1 aliphatic carbocycles. The number of hydrogen-bond donors (Lipinski definition) is 2. The maximum atomic E-state index is 12.5. The van der Waals surface area contributed by atoms with E-state index in [2.05, 4.69) is 20.4 Å². The largest absolute Gasteiger partial charge is 0.352 e. The summed E-state index contributed by atoms with van der Waals surface area (Å²) in [5, 5.41) is 8.74. The van der Waals surface area contributed by atoms with Crippen molar-refractivity contribution in [2.75, 3.05) is 0 Å². The summed E-state index contributed by atoms with van der Waals surface area (Å²) >= 11 is 6.83. The highest BCUT2D eigenvalue weighted by Crippen LogP contribution is 2.25. The average Bonchev–Trinajstić information content (AvgIpc) is 3.32. The smallest absolute Gasteiger partial charge is 0.233 e. The second kappa shape index (κ2) is 7.82. The Kier molecular flexibility index (Phi) is 5.27. The van der Waals surface area contributed by atoms with Gasteiger partial charge in [-0.25, -0.2) is 9.67 Å². The van der Waals surface area contributed by atoms with Gasteiger partial charge in [-0.1, -0.05) is 55.0 Å². The van der Waals surface area contributed by atoms with Gasteiger partial charge in [0.15, 0.2) is 5.16 Å². The van der Waals surface area contributed by atoms with Crippen LogP contribution in [0.5, 0.6) is 0 Å². The molecule has 1 amide bonds. The van der Waals surface area contributed by atoms with E-state index in [0.717, 1.165) is 29.6 Å². The third kappa shape index (κ3) is 3.91. The number of carbonyl (C=O) groups is 1. The highest BCUT2D eigenvalue weighted by molar-refractivity contribution is 8.00. The van der Waals surface area contributed by atoms with E-state index in [4.69, 9.17) is 12.2 Å². The van der Waals surface area contributed by atoms with Crippen molar-refractivity contribution in [1.29, 1.82) is 0 Å². The fraction of sp³-hybridized carbons (Fsp3) is 0.368. The summed E-state index contributed by atoms with van der Waals surface area (Å²) in [7, 11) is 0. The van der Waals surface area contributed by atoms with Crippen LogP contribution in [0.4, 0.5) is 0 Å². The predicted octanol–water partition coefficient (Wildman–Crippen LogP) is 4.02. The Morgan fingerprint density at radius 2 is 2.07 bits per heavy atom. The van der Waals surface area contributed by atoms with Gasteiger partial charge in [0.2, 0.25) is 5.91 Å². The van der Waals surface area contributed by atoms with Crippen molar-refractivity contribution in [3.8, 4) is 5.69 Å².